The first-order valence-corrected chi connectivity index (χ1v) is 1.99. The first-order chi connectivity index (χ1) is 3.13. The molecule has 2 nitrogen and oxygen atoms in total. The molecule has 0 aliphatic carbocycles. The molecule has 0 saturated carbocycles. The summed E-state index contributed by atoms with van der Waals surface area (Å²) in [7, 11) is 0. The summed E-state index contributed by atoms with van der Waals surface area (Å²) < 4.78 is 0. The quantitative estimate of drug-likeness (QED) is 0.270. The number of rotatable bonds is 1. The van der Waals surface area contributed by atoms with E-state index in [0.29, 0.717) is 0 Å². The molecule has 0 amide bonds. The van der Waals surface area contributed by atoms with E-state index in [9.17, 15) is 9.90 Å². The van der Waals surface area contributed by atoms with Crippen molar-refractivity contribution in [1.29, 1.82) is 0 Å². The van der Waals surface area contributed by atoms with Crippen molar-refractivity contribution in [3.63, 3.8) is 0 Å². The Balaban J connectivity index is 0. The normalized spacial score (nSPS) is 6.75. The van der Waals surface area contributed by atoms with Gasteiger partial charge in [0.1, 0.15) is 0 Å². The minimum Gasteiger partial charge on any atom is -0.545 e. The summed E-state index contributed by atoms with van der Waals surface area (Å²) >= 11 is 0. The van der Waals surface area contributed by atoms with Crippen LogP contribution in [-0.2, 0) is 4.79 Å². The smallest absolute Gasteiger partial charge is 0.545 e. The molecule has 0 aliphatic rings. The molecule has 0 atom stereocenters. The molecule has 0 bridgehead atoms. The van der Waals surface area contributed by atoms with Gasteiger partial charge in [0.2, 0.25) is 0 Å². The van der Waals surface area contributed by atoms with Gasteiger partial charge >= 0.3 is 29.6 Å². The van der Waals surface area contributed by atoms with Crippen molar-refractivity contribution in [2.24, 2.45) is 0 Å². The zero-order valence-electron chi connectivity index (χ0n) is 5.39. The summed E-state index contributed by atoms with van der Waals surface area (Å²) in [6, 6.07) is 0. The van der Waals surface area contributed by atoms with Crippen LogP contribution >= 0.6 is 0 Å². The molecule has 3 heteroatoms. The first kappa shape index (κ1) is 11.1. The van der Waals surface area contributed by atoms with Crippen LogP contribution in [0.4, 0.5) is 0 Å². The zero-order valence-corrected chi connectivity index (χ0v) is 7.39. The van der Waals surface area contributed by atoms with Crippen molar-refractivity contribution in [3.05, 3.63) is 11.6 Å². The maximum atomic E-state index is 9.62. The summed E-state index contributed by atoms with van der Waals surface area (Å²) in [4.78, 5) is 9.62. The number of carboxylic acid groups (broad SMARTS) is 1. The second kappa shape index (κ2) is 5.35. The molecule has 40 valence electrons. The van der Waals surface area contributed by atoms with Crippen LogP contribution < -0.4 is 34.7 Å². The van der Waals surface area contributed by atoms with Gasteiger partial charge in [0, 0.05) is 0 Å². The average Bonchev–Trinajstić information content (AvgIpc) is 1.27. The van der Waals surface area contributed by atoms with Crippen LogP contribution in [0.1, 0.15) is 13.8 Å². The molecule has 0 saturated heterocycles. The maximum Gasteiger partial charge on any atom is 1.00 e. The van der Waals surface area contributed by atoms with Gasteiger partial charge in [-0.3, -0.25) is 0 Å². The van der Waals surface area contributed by atoms with Crippen LogP contribution in [0, 0.1) is 0 Å². The molecular formula is C5H7NaO2. The van der Waals surface area contributed by atoms with Crippen molar-refractivity contribution >= 4 is 5.97 Å². The average molecular weight is 122 g/mol. The molecule has 0 radical (unpaired) electrons. The van der Waals surface area contributed by atoms with Crippen LogP contribution in [0.2, 0.25) is 0 Å². The van der Waals surface area contributed by atoms with E-state index < -0.39 is 5.97 Å². The summed E-state index contributed by atoms with van der Waals surface area (Å²) in [6.07, 6.45) is 1.06. The fraction of sp³-hybridized carbons (Fsp3) is 0.400. The molecule has 0 aromatic rings. The molecule has 0 aliphatic heterocycles. The van der Waals surface area contributed by atoms with E-state index in [4.69, 9.17) is 0 Å². The van der Waals surface area contributed by atoms with Gasteiger partial charge in [-0.05, 0) is 19.9 Å². The Bertz CT molecular complexity index is 103. The van der Waals surface area contributed by atoms with E-state index in [1.54, 1.807) is 13.8 Å². The van der Waals surface area contributed by atoms with Crippen molar-refractivity contribution in [1.82, 2.24) is 0 Å². The molecule has 0 aromatic heterocycles. The van der Waals surface area contributed by atoms with Crippen LogP contribution in [-0.4, -0.2) is 5.97 Å². The number of hydrogen-bond donors (Lipinski definition) is 0. The standard InChI is InChI=1S/C5H8O2.Na/c1-4(2)3-5(6)7;/h3H,1-2H3,(H,6,7);/q;+1/p-1. The van der Waals surface area contributed by atoms with E-state index >= 15 is 0 Å². The van der Waals surface area contributed by atoms with Gasteiger partial charge in [0.15, 0.2) is 0 Å². The minimum absolute atomic E-state index is 0. The van der Waals surface area contributed by atoms with Gasteiger partial charge in [0.05, 0.1) is 5.97 Å². The summed E-state index contributed by atoms with van der Waals surface area (Å²) in [6.45, 7) is 3.41. The Hall–Kier alpha value is 0.210. The summed E-state index contributed by atoms with van der Waals surface area (Å²) in [5.74, 6) is -1.12. The van der Waals surface area contributed by atoms with Gasteiger partial charge in [-0.1, -0.05) is 5.57 Å². The molecule has 0 fully saturated rings. The number of carbonyl (C=O) groups excluding carboxylic acids is 1. The fourth-order valence-corrected chi connectivity index (χ4v) is 0.236. The van der Waals surface area contributed by atoms with Crippen LogP contribution in [0.3, 0.4) is 0 Å². The largest absolute Gasteiger partial charge is 1.00 e. The molecule has 0 N–H and O–H groups in total. The molecule has 0 unspecified atom stereocenters. The third-order valence-electron chi connectivity index (χ3n) is 0.407. The fourth-order valence-electron chi connectivity index (χ4n) is 0.236. The van der Waals surface area contributed by atoms with Crippen LogP contribution in [0.15, 0.2) is 11.6 Å². The Kier molecular flexibility index (Phi) is 7.40. The van der Waals surface area contributed by atoms with Crippen molar-refractivity contribution in [2.45, 2.75) is 13.8 Å². The Labute approximate surface area is 70.9 Å². The second-order valence-corrected chi connectivity index (χ2v) is 1.54. The van der Waals surface area contributed by atoms with Crippen molar-refractivity contribution in [3.8, 4) is 0 Å². The Morgan fingerprint density at radius 3 is 1.88 bits per heavy atom. The molecular weight excluding hydrogens is 115 g/mol. The van der Waals surface area contributed by atoms with E-state index in [1.165, 1.54) is 0 Å². The number of aliphatic carboxylic acids is 1. The Morgan fingerprint density at radius 2 is 1.88 bits per heavy atom. The monoisotopic (exact) mass is 122 g/mol. The van der Waals surface area contributed by atoms with E-state index in [0.717, 1.165) is 11.6 Å². The van der Waals surface area contributed by atoms with E-state index in [2.05, 4.69) is 0 Å². The Morgan fingerprint density at radius 1 is 1.50 bits per heavy atom. The van der Waals surface area contributed by atoms with Gasteiger partial charge in [-0.15, -0.1) is 0 Å². The minimum atomic E-state index is -1.12. The van der Waals surface area contributed by atoms with Crippen LogP contribution in [0.5, 0.6) is 0 Å². The van der Waals surface area contributed by atoms with Crippen LogP contribution in [0.25, 0.3) is 0 Å². The molecule has 0 heterocycles. The third kappa shape index (κ3) is 9.51. The first-order valence-electron chi connectivity index (χ1n) is 1.99. The van der Waals surface area contributed by atoms with E-state index in [-0.39, 0.29) is 29.6 Å². The number of allylic oxidation sites excluding steroid dienone is 1. The molecule has 0 spiro atoms. The van der Waals surface area contributed by atoms with Gasteiger partial charge < -0.3 is 9.90 Å². The van der Waals surface area contributed by atoms with Crippen molar-refractivity contribution < 1.29 is 39.5 Å². The van der Waals surface area contributed by atoms with Gasteiger partial charge in [-0.2, -0.15) is 0 Å². The maximum absolute atomic E-state index is 9.62. The predicted molar refractivity (Wildman–Crippen MR) is 24.4 cm³/mol. The summed E-state index contributed by atoms with van der Waals surface area (Å²) in [5.41, 5.74) is 0.750. The van der Waals surface area contributed by atoms with Gasteiger partial charge in [-0.25, -0.2) is 0 Å². The third-order valence-corrected chi connectivity index (χ3v) is 0.407. The number of hydrogen-bond acceptors (Lipinski definition) is 2. The number of carbonyl (C=O) groups is 1. The predicted octanol–water partition coefficient (Wildman–Crippen LogP) is -3.29. The molecule has 0 rings (SSSR count). The SMILES string of the molecule is CC(C)=CC(=O)[O-].[Na+]. The summed E-state index contributed by atoms with van der Waals surface area (Å²) in [5, 5.41) is 9.62. The topological polar surface area (TPSA) is 40.1 Å². The van der Waals surface area contributed by atoms with Gasteiger partial charge in [0.25, 0.3) is 0 Å². The van der Waals surface area contributed by atoms with Crippen molar-refractivity contribution in [2.75, 3.05) is 0 Å². The second-order valence-electron chi connectivity index (χ2n) is 1.54. The van der Waals surface area contributed by atoms with E-state index in [1.807, 2.05) is 0 Å². The molecule has 8 heavy (non-hydrogen) atoms. The zero-order chi connectivity index (χ0) is 5.86. The number of carboxylic acids is 1. The molecule has 0 aromatic carbocycles.